The molecule has 4 aromatic rings. The van der Waals surface area contributed by atoms with Crippen LogP contribution in [0.5, 0.6) is 0 Å². The van der Waals surface area contributed by atoms with Gasteiger partial charge in [-0.1, -0.05) is 0 Å². The molecule has 17 heteroatoms. The Morgan fingerprint density at radius 2 is 1.19 bits per heavy atom. The third-order valence-electron chi connectivity index (χ3n) is 5.06. The summed E-state index contributed by atoms with van der Waals surface area (Å²) in [5.41, 5.74) is 6.28. The average Bonchev–Trinajstić information content (AvgIpc) is 2.87. The molecule has 10 nitrogen and oxygen atoms in total. The number of nitro groups is 1. The summed E-state index contributed by atoms with van der Waals surface area (Å²) in [5, 5.41) is 16.0. The van der Waals surface area contributed by atoms with Crippen molar-refractivity contribution in [3.63, 3.8) is 0 Å². The molecule has 2 aromatic carbocycles. The monoisotopic (exact) mass is 687 g/mol. The van der Waals surface area contributed by atoms with E-state index >= 15 is 0 Å². The maximum atomic E-state index is 12.5. The van der Waals surface area contributed by atoms with Gasteiger partial charge in [-0.25, -0.2) is 19.9 Å². The minimum atomic E-state index is -4.57. The summed E-state index contributed by atoms with van der Waals surface area (Å²) in [6.45, 7) is 3.37. The average molecular weight is 688 g/mol. The first-order valence-electron chi connectivity index (χ1n) is 11.1. The van der Waals surface area contributed by atoms with E-state index < -0.39 is 28.7 Å². The molecule has 0 radical (unpaired) electrons. The third kappa shape index (κ3) is 9.93. The number of nitrogen functional groups attached to an aromatic ring is 1. The predicted molar refractivity (Wildman–Crippen MR) is 140 cm³/mol. The summed E-state index contributed by atoms with van der Waals surface area (Å²) in [5.74, 6) is -0.343. The predicted octanol–water partition coefficient (Wildman–Crippen LogP) is 7.03. The van der Waals surface area contributed by atoms with Crippen LogP contribution in [0.2, 0.25) is 0 Å². The van der Waals surface area contributed by atoms with Crippen molar-refractivity contribution in [3.8, 4) is 0 Å². The Morgan fingerprint density at radius 1 is 0.762 bits per heavy atom. The zero-order valence-electron chi connectivity index (χ0n) is 22.0. The molecule has 0 amide bonds. The molecule has 4 N–H and O–H groups in total. The van der Waals surface area contributed by atoms with Crippen molar-refractivity contribution in [2.75, 3.05) is 16.4 Å². The SMILES string of the molecule is Cc1cc(N)ccc1Nc1nccc(C(F)(F)F)n1.Cc1cc([N+](=O)[O-])ccc1Nc1nccc(C(F)(F)F)n1.[CH3-].[Pd]. The Bertz CT molecular complexity index is 1520. The second kappa shape index (κ2) is 14.5. The summed E-state index contributed by atoms with van der Waals surface area (Å²) >= 11 is 0. The standard InChI is InChI=1S/C12H9F3N4O2.C12H11F3N4.CH3.Pd/c1-7-6-8(19(20)21)2-3-9(7)17-11-16-5-4-10(18-11)12(13,14)15;1-7-6-8(16)2-3-9(7)18-11-17-5-4-10(19-11)12(13,14)15;;/h2-6H,1H3,(H,16,17,18);2-6H,16H2,1H3,(H,17,18,19);1H3;/q;;-1;. The molecule has 0 fully saturated rings. The summed E-state index contributed by atoms with van der Waals surface area (Å²) in [6, 6.07) is 10.5. The number of nitrogens with zero attached hydrogens (tertiary/aromatic N) is 5. The number of anilines is 5. The van der Waals surface area contributed by atoms with Crippen molar-refractivity contribution in [3.05, 3.63) is 101 Å². The van der Waals surface area contributed by atoms with E-state index in [0.717, 1.165) is 30.1 Å². The molecule has 228 valence electrons. The zero-order valence-corrected chi connectivity index (χ0v) is 23.5. The maximum Gasteiger partial charge on any atom is 0.433 e. The van der Waals surface area contributed by atoms with E-state index in [4.69, 9.17) is 5.73 Å². The van der Waals surface area contributed by atoms with Crippen LogP contribution in [-0.2, 0) is 32.8 Å². The Kier molecular flexibility index (Phi) is 12.3. The number of aromatic nitrogens is 4. The zero-order chi connectivity index (χ0) is 29.7. The number of hydrogen-bond acceptors (Lipinski definition) is 9. The van der Waals surface area contributed by atoms with Crippen LogP contribution in [0.25, 0.3) is 0 Å². The number of nitro benzene ring substituents is 1. The van der Waals surface area contributed by atoms with Crippen molar-refractivity contribution in [2.45, 2.75) is 26.2 Å². The van der Waals surface area contributed by atoms with Crippen LogP contribution in [0.15, 0.2) is 60.9 Å². The summed E-state index contributed by atoms with van der Waals surface area (Å²) < 4.78 is 75.1. The van der Waals surface area contributed by atoms with Gasteiger partial charge in [-0.3, -0.25) is 10.1 Å². The summed E-state index contributed by atoms with van der Waals surface area (Å²) in [7, 11) is 0. The van der Waals surface area contributed by atoms with Crippen molar-refractivity contribution < 1.29 is 51.7 Å². The van der Waals surface area contributed by atoms with E-state index in [1.165, 1.54) is 18.2 Å². The van der Waals surface area contributed by atoms with Crippen molar-refractivity contribution >= 4 is 34.6 Å². The molecule has 0 aliphatic rings. The fraction of sp³-hybridized carbons (Fsp3) is 0.160. The Morgan fingerprint density at radius 3 is 1.57 bits per heavy atom. The minimum Gasteiger partial charge on any atom is -0.399 e. The molecule has 4 rings (SSSR count). The number of non-ortho nitro benzene ring substituents is 1. The van der Waals surface area contributed by atoms with E-state index in [1.807, 2.05) is 0 Å². The number of aryl methyl sites for hydroxylation is 2. The van der Waals surface area contributed by atoms with E-state index in [-0.39, 0.29) is 45.4 Å². The Hall–Kier alpha value is -4.36. The van der Waals surface area contributed by atoms with Crippen LogP contribution in [0.3, 0.4) is 0 Å². The molecule has 42 heavy (non-hydrogen) atoms. The molecule has 2 heterocycles. The Balaban J connectivity index is 0.000000403. The number of benzene rings is 2. The van der Waals surface area contributed by atoms with Gasteiger partial charge in [0.15, 0.2) is 0 Å². The van der Waals surface area contributed by atoms with Gasteiger partial charge in [0, 0.05) is 62.0 Å². The number of halogens is 6. The normalized spacial score (nSPS) is 10.8. The van der Waals surface area contributed by atoms with Gasteiger partial charge in [0.05, 0.1) is 4.92 Å². The molecule has 0 bridgehead atoms. The fourth-order valence-corrected chi connectivity index (χ4v) is 3.12. The number of nitrogens with two attached hydrogens (primary N) is 1. The first kappa shape index (κ1) is 35.7. The number of rotatable bonds is 5. The van der Waals surface area contributed by atoms with Crippen LogP contribution in [0.1, 0.15) is 22.5 Å². The van der Waals surface area contributed by atoms with Gasteiger partial charge < -0.3 is 23.8 Å². The molecule has 0 spiro atoms. The van der Waals surface area contributed by atoms with Crippen LogP contribution >= 0.6 is 0 Å². The molecule has 2 aromatic heterocycles. The minimum absolute atomic E-state index is 0. The quantitative estimate of drug-likeness (QED) is 0.0503. The first-order valence-corrected chi connectivity index (χ1v) is 11.1. The second-order valence-electron chi connectivity index (χ2n) is 8.11. The van der Waals surface area contributed by atoms with E-state index in [0.29, 0.717) is 22.6 Å². The molecule has 0 aliphatic carbocycles. The van der Waals surface area contributed by atoms with Crippen LogP contribution in [0.4, 0.5) is 61.0 Å². The van der Waals surface area contributed by atoms with Crippen molar-refractivity contribution in [1.29, 1.82) is 0 Å². The van der Waals surface area contributed by atoms with Gasteiger partial charge in [-0.2, -0.15) is 26.3 Å². The van der Waals surface area contributed by atoms with Gasteiger partial charge in [0.25, 0.3) is 5.69 Å². The number of alkyl halides is 6. The van der Waals surface area contributed by atoms with Crippen LogP contribution in [-0.4, -0.2) is 24.9 Å². The topological polar surface area (TPSA) is 145 Å². The van der Waals surface area contributed by atoms with Gasteiger partial charge >= 0.3 is 12.4 Å². The Labute approximate surface area is 249 Å². The second-order valence-corrected chi connectivity index (χ2v) is 8.11. The molecular weight excluding hydrogens is 665 g/mol. The summed E-state index contributed by atoms with van der Waals surface area (Å²) in [4.78, 5) is 24.3. The largest absolute Gasteiger partial charge is 0.433 e. The van der Waals surface area contributed by atoms with Gasteiger partial charge in [-0.05, 0) is 61.4 Å². The summed E-state index contributed by atoms with van der Waals surface area (Å²) in [6.07, 6.45) is -7.01. The smallest absolute Gasteiger partial charge is 0.399 e. The van der Waals surface area contributed by atoms with Crippen molar-refractivity contribution in [1.82, 2.24) is 19.9 Å². The first-order chi connectivity index (χ1) is 18.6. The fourth-order valence-electron chi connectivity index (χ4n) is 3.12. The van der Waals surface area contributed by atoms with Gasteiger partial charge in [0.1, 0.15) is 11.4 Å². The van der Waals surface area contributed by atoms with Crippen LogP contribution in [0, 0.1) is 31.4 Å². The third-order valence-corrected chi connectivity index (χ3v) is 5.06. The molecule has 0 unspecified atom stereocenters. The molecule has 0 aliphatic heterocycles. The van der Waals surface area contributed by atoms with Crippen molar-refractivity contribution in [2.24, 2.45) is 0 Å². The molecule has 0 saturated carbocycles. The van der Waals surface area contributed by atoms with E-state index in [9.17, 15) is 36.5 Å². The van der Waals surface area contributed by atoms with E-state index in [1.54, 1.807) is 32.0 Å². The molecule has 0 saturated heterocycles. The van der Waals surface area contributed by atoms with Gasteiger partial charge in [-0.15, -0.1) is 0 Å². The van der Waals surface area contributed by atoms with Crippen LogP contribution < -0.4 is 16.4 Å². The maximum absolute atomic E-state index is 12.5. The number of hydrogen-bond donors (Lipinski definition) is 3. The molecule has 0 atom stereocenters. The number of nitrogens with one attached hydrogen (secondary N) is 2. The van der Waals surface area contributed by atoms with Gasteiger partial charge in [0.2, 0.25) is 11.9 Å². The molecular formula is C25H23F6N8O2Pd-. The van der Waals surface area contributed by atoms with E-state index in [2.05, 4.69) is 30.6 Å².